The number of thioether (sulfide) groups is 1. The van der Waals surface area contributed by atoms with Crippen LogP contribution in [0.25, 0.3) is 0 Å². The van der Waals surface area contributed by atoms with E-state index < -0.39 is 0 Å². The largest absolute Gasteiger partial charge is 0.357 e. The van der Waals surface area contributed by atoms with Crippen molar-refractivity contribution >= 4 is 41.7 Å². The summed E-state index contributed by atoms with van der Waals surface area (Å²) in [6.07, 6.45) is 5.16. The molecule has 1 aliphatic rings. The third-order valence-electron chi connectivity index (χ3n) is 4.77. The van der Waals surface area contributed by atoms with Gasteiger partial charge in [0.1, 0.15) is 0 Å². The summed E-state index contributed by atoms with van der Waals surface area (Å²) < 4.78 is 1.94. The van der Waals surface area contributed by atoms with Crippen molar-refractivity contribution in [2.24, 2.45) is 12.0 Å². The maximum Gasteiger partial charge on any atom is 0.191 e. The minimum atomic E-state index is 0. The molecule has 25 heavy (non-hydrogen) atoms. The number of hydrogen-bond donors (Lipinski definition) is 2. The SMILES string of the molecule is CCNC(=NCc1c(C)nn(C)c1C)NC1CCCC(SCC)C1.I. The average molecular weight is 479 g/mol. The van der Waals surface area contributed by atoms with Gasteiger partial charge in [0.05, 0.1) is 12.2 Å². The second kappa shape index (κ2) is 11.3. The lowest BCUT2D eigenvalue weighted by atomic mass is 9.95. The number of guanidine groups is 1. The zero-order chi connectivity index (χ0) is 17.5. The zero-order valence-electron chi connectivity index (χ0n) is 16.3. The van der Waals surface area contributed by atoms with Crippen LogP contribution in [0.15, 0.2) is 4.99 Å². The molecular weight excluding hydrogens is 445 g/mol. The Morgan fingerprint density at radius 2 is 2.08 bits per heavy atom. The Morgan fingerprint density at radius 3 is 2.68 bits per heavy atom. The normalized spacial score (nSPS) is 20.9. The summed E-state index contributed by atoms with van der Waals surface area (Å²) in [6.45, 7) is 10.1. The van der Waals surface area contributed by atoms with Gasteiger partial charge in [0, 0.05) is 36.1 Å². The quantitative estimate of drug-likeness (QED) is 0.371. The van der Waals surface area contributed by atoms with Crippen LogP contribution in [0.5, 0.6) is 0 Å². The first kappa shape index (κ1) is 22.6. The number of aliphatic imine (C=N–C) groups is 1. The van der Waals surface area contributed by atoms with Crippen molar-refractivity contribution in [1.82, 2.24) is 20.4 Å². The number of nitrogens with zero attached hydrogens (tertiary/aromatic N) is 3. The van der Waals surface area contributed by atoms with Gasteiger partial charge in [0.2, 0.25) is 0 Å². The van der Waals surface area contributed by atoms with E-state index in [-0.39, 0.29) is 24.0 Å². The molecule has 1 aromatic rings. The zero-order valence-corrected chi connectivity index (χ0v) is 19.4. The van der Waals surface area contributed by atoms with Gasteiger partial charge in [-0.15, -0.1) is 24.0 Å². The first-order valence-electron chi connectivity index (χ1n) is 9.20. The minimum absolute atomic E-state index is 0. The van der Waals surface area contributed by atoms with Gasteiger partial charge in [0.25, 0.3) is 0 Å². The van der Waals surface area contributed by atoms with E-state index in [1.807, 2.05) is 11.7 Å². The molecule has 2 rings (SSSR count). The molecule has 1 fully saturated rings. The highest BCUT2D eigenvalue weighted by Crippen LogP contribution is 2.28. The van der Waals surface area contributed by atoms with Crippen LogP contribution in [0.3, 0.4) is 0 Å². The molecule has 1 heterocycles. The predicted molar refractivity (Wildman–Crippen MR) is 120 cm³/mol. The van der Waals surface area contributed by atoms with Gasteiger partial charge in [-0.1, -0.05) is 13.3 Å². The molecule has 1 saturated carbocycles. The lowest BCUT2D eigenvalue weighted by molar-refractivity contribution is 0.419. The number of aryl methyl sites for hydroxylation is 2. The van der Waals surface area contributed by atoms with Gasteiger partial charge < -0.3 is 10.6 Å². The summed E-state index contributed by atoms with van der Waals surface area (Å²) in [6, 6.07) is 0.539. The second-order valence-electron chi connectivity index (χ2n) is 6.55. The summed E-state index contributed by atoms with van der Waals surface area (Å²) in [5.41, 5.74) is 3.51. The highest BCUT2D eigenvalue weighted by Gasteiger charge is 2.22. The maximum atomic E-state index is 4.82. The van der Waals surface area contributed by atoms with Crippen molar-refractivity contribution < 1.29 is 0 Å². The number of rotatable bonds is 6. The van der Waals surface area contributed by atoms with Crippen molar-refractivity contribution in [1.29, 1.82) is 0 Å². The van der Waals surface area contributed by atoms with E-state index in [1.165, 1.54) is 42.7 Å². The van der Waals surface area contributed by atoms with E-state index in [9.17, 15) is 0 Å². The van der Waals surface area contributed by atoms with E-state index in [0.29, 0.717) is 12.6 Å². The lowest BCUT2D eigenvalue weighted by Gasteiger charge is -2.30. The number of aromatic nitrogens is 2. The fourth-order valence-corrected chi connectivity index (χ4v) is 4.55. The van der Waals surface area contributed by atoms with Crippen molar-refractivity contribution in [2.45, 2.75) is 71.2 Å². The van der Waals surface area contributed by atoms with E-state index in [4.69, 9.17) is 4.99 Å². The van der Waals surface area contributed by atoms with Crippen LogP contribution in [0.2, 0.25) is 0 Å². The highest BCUT2D eigenvalue weighted by atomic mass is 127. The van der Waals surface area contributed by atoms with Gasteiger partial charge in [-0.3, -0.25) is 4.68 Å². The van der Waals surface area contributed by atoms with Gasteiger partial charge in [-0.2, -0.15) is 16.9 Å². The first-order valence-corrected chi connectivity index (χ1v) is 10.3. The summed E-state index contributed by atoms with van der Waals surface area (Å²) in [4.78, 5) is 4.82. The Morgan fingerprint density at radius 1 is 1.32 bits per heavy atom. The van der Waals surface area contributed by atoms with Crippen LogP contribution in [0.4, 0.5) is 0 Å². The van der Waals surface area contributed by atoms with Crippen LogP contribution in [0, 0.1) is 13.8 Å². The Hall–Kier alpha value is -0.440. The molecule has 2 N–H and O–H groups in total. The average Bonchev–Trinajstić information content (AvgIpc) is 2.79. The molecule has 0 aromatic carbocycles. The van der Waals surface area contributed by atoms with Gasteiger partial charge >= 0.3 is 0 Å². The fraction of sp³-hybridized carbons (Fsp3) is 0.778. The van der Waals surface area contributed by atoms with Crippen LogP contribution in [-0.2, 0) is 13.6 Å². The fourth-order valence-electron chi connectivity index (χ4n) is 3.38. The van der Waals surface area contributed by atoms with Crippen LogP contribution < -0.4 is 10.6 Å². The summed E-state index contributed by atoms with van der Waals surface area (Å²) in [7, 11) is 1.99. The van der Waals surface area contributed by atoms with Crippen molar-refractivity contribution in [3.05, 3.63) is 17.0 Å². The molecule has 5 nitrogen and oxygen atoms in total. The molecule has 0 saturated heterocycles. The Bertz CT molecular complexity index is 556. The molecule has 144 valence electrons. The summed E-state index contributed by atoms with van der Waals surface area (Å²) in [5.74, 6) is 2.15. The third-order valence-corrected chi connectivity index (χ3v) is 6.00. The van der Waals surface area contributed by atoms with Crippen LogP contribution >= 0.6 is 35.7 Å². The maximum absolute atomic E-state index is 4.82. The molecule has 0 radical (unpaired) electrons. The van der Waals surface area contributed by atoms with E-state index in [1.54, 1.807) is 0 Å². The topological polar surface area (TPSA) is 54.2 Å². The predicted octanol–water partition coefficient (Wildman–Crippen LogP) is 3.77. The molecule has 2 atom stereocenters. The smallest absolute Gasteiger partial charge is 0.191 e. The van der Waals surface area contributed by atoms with Gasteiger partial charge in [-0.05, 0) is 45.8 Å². The number of halogens is 1. The molecule has 0 aliphatic heterocycles. The van der Waals surface area contributed by atoms with Crippen LogP contribution in [-0.4, -0.2) is 39.3 Å². The molecule has 1 aromatic heterocycles. The Labute approximate surface area is 174 Å². The Kier molecular flexibility index (Phi) is 10.2. The lowest BCUT2D eigenvalue weighted by Crippen LogP contribution is -2.45. The van der Waals surface area contributed by atoms with Crippen molar-refractivity contribution in [2.75, 3.05) is 12.3 Å². The molecule has 2 unspecified atom stereocenters. The number of hydrogen-bond acceptors (Lipinski definition) is 3. The van der Waals surface area contributed by atoms with Gasteiger partial charge in [-0.25, -0.2) is 4.99 Å². The molecule has 0 amide bonds. The van der Waals surface area contributed by atoms with E-state index >= 15 is 0 Å². The summed E-state index contributed by atoms with van der Waals surface area (Å²) in [5, 5.41) is 12.3. The van der Waals surface area contributed by atoms with Crippen LogP contribution in [0.1, 0.15) is 56.5 Å². The van der Waals surface area contributed by atoms with Gasteiger partial charge in [0.15, 0.2) is 5.96 Å². The molecular formula is C18H34IN5S. The van der Waals surface area contributed by atoms with E-state index in [2.05, 4.69) is 55.2 Å². The third kappa shape index (κ3) is 6.66. The second-order valence-corrected chi connectivity index (χ2v) is 8.13. The minimum Gasteiger partial charge on any atom is -0.357 e. The Balaban J connectivity index is 0.00000312. The van der Waals surface area contributed by atoms with Crippen molar-refractivity contribution in [3.63, 3.8) is 0 Å². The molecule has 0 spiro atoms. The van der Waals surface area contributed by atoms with Crippen molar-refractivity contribution in [3.8, 4) is 0 Å². The molecule has 0 bridgehead atoms. The molecule has 7 heteroatoms. The first-order chi connectivity index (χ1) is 11.5. The molecule has 1 aliphatic carbocycles. The standard InChI is InChI=1S/C18H33N5S.HI/c1-6-19-18(20-12-17-13(3)22-23(5)14(17)4)21-15-9-8-10-16(11-15)24-7-2;/h15-16H,6-12H2,1-5H3,(H2,19,20,21);1H. The summed E-state index contributed by atoms with van der Waals surface area (Å²) >= 11 is 2.10. The highest BCUT2D eigenvalue weighted by molar-refractivity contribution is 14.0. The van der Waals surface area contributed by atoms with E-state index in [0.717, 1.165) is 23.4 Å². The number of nitrogens with one attached hydrogen (secondary N) is 2. The monoisotopic (exact) mass is 479 g/mol.